The molecule has 0 aliphatic heterocycles. The number of nitrogens with one attached hydrogen (secondary N) is 2. The topological polar surface area (TPSA) is 119 Å². The third-order valence-corrected chi connectivity index (χ3v) is 11.0. The molecule has 0 radical (unpaired) electrons. The Balaban J connectivity index is 1.47. The largest absolute Gasteiger partial charge is 0.508 e. The Hall–Kier alpha value is -4.78. The number of amides is 2. The molecule has 4 aromatic carbocycles. The minimum atomic E-state index is -0.257. The van der Waals surface area contributed by atoms with Crippen molar-refractivity contribution in [2.45, 2.75) is 169 Å². The van der Waals surface area contributed by atoms with Gasteiger partial charge in [0.2, 0.25) is 11.8 Å². The summed E-state index contributed by atoms with van der Waals surface area (Å²) >= 11 is 0. The maximum absolute atomic E-state index is 13.4. The molecule has 320 valence electrons. The molecule has 0 heterocycles. The van der Waals surface area contributed by atoms with Gasteiger partial charge in [-0.2, -0.15) is 0 Å². The molecule has 0 spiro atoms. The second-order valence-corrected chi connectivity index (χ2v) is 21.7. The van der Waals surface area contributed by atoms with Gasteiger partial charge >= 0.3 is 0 Å². The Kier molecular flexibility index (Phi) is 13.9. The van der Waals surface area contributed by atoms with Crippen LogP contribution < -0.4 is 10.6 Å². The maximum atomic E-state index is 13.4. The molecule has 59 heavy (non-hydrogen) atoms. The van der Waals surface area contributed by atoms with Gasteiger partial charge in [0.05, 0.1) is 0 Å². The Morgan fingerprint density at radius 3 is 1.37 bits per heavy atom. The lowest BCUT2D eigenvalue weighted by molar-refractivity contribution is -0.117. The third kappa shape index (κ3) is 12.6. The number of anilines is 2. The van der Waals surface area contributed by atoms with Crippen molar-refractivity contribution in [3.8, 4) is 17.2 Å². The number of rotatable bonds is 11. The van der Waals surface area contributed by atoms with Crippen molar-refractivity contribution in [3.05, 3.63) is 111 Å². The molecule has 7 nitrogen and oxygen atoms in total. The van der Waals surface area contributed by atoms with Gasteiger partial charge in [-0.05, 0) is 121 Å². The van der Waals surface area contributed by atoms with Crippen LogP contribution in [0.15, 0.2) is 60.7 Å². The van der Waals surface area contributed by atoms with E-state index in [1.165, 1.54) is 0 Å². The minimum Gasteiger partial charge on any atom is -0.508 e. The van der Waals surface area contributed by atoms with Crippen LogP contribution in [0.2, 0.25) is 0 Å². The molecule has 4 aromatic rings. The number of carbonyl (C=O) groups excluding carboxylic acids is 2. The smallest absolute Gasteiger partial charge is 0.224 e. The Labute approximate surface area is 355 Å². The number of hydrogen-bond acceptors (Lipinski definition) is 5. The van der Waals surface area contributed by atoms with Crippen LogP contribution in [0.25, 0.3) is 0 Å². The fourth-order valence-corrected chi connectivity index (χ4v) is 7.45. The maximum Gasteiger partial charge on any atom is 0.224 e. The summed E-state index contributed by atoms with van der Waals surface area (Å²) in [6, 6.07) is 19.4. The van der Waals surface area contributed by atoms with Crippen molar-refractivity contribution >= 4 is 23.2 Å². The summed E-state index contributed by atoms with van der Waals surface area (Å²) in [5, 5.41) is 39.4. The van der Waals surface area contributed by atoms with Crippen LogP contribution in [-0.2, 0) is 55.9 Å². The predicted octanol–water partition coefficient (Wildman–Crippen LogP) is 12.4. The van der Waals surface area contributed by atoms with Gasteiger partial charge in [0.15, 0.2) is 0 Å². The van der Waals surface area contributed by atoms with Crippen LogP contribution in [0.3, 0.4) is 0 Å². The molecule has 4 rings (SSSR count). The minimum absolute atomic E-state index is 0.0722. The Bertz CT molecular complexity index is 2090. The Morgan fingerprint density at radius 1 is 0.475 bits per heavy atom. The van der Waals surface area contributed by atoms with E-state index < -0.39 is 0 Å². The molecular formula is C52H72N2O5. The lowest BCUT2D eigenvalue weighted by Gasteiger charge is -2.28. The van der Waals surface area contributed by atoms with E-state index in [2.05, 4.69) is 133 Å². The highest BCUT2D eigenvalue weighted by Crippen LogP contribution is 2.42. The molecule has 5 N–H and O–H groups in total. The average Bonchev–Trinajstić information content (AvgIpc) is 3.07. The molecule has 0 aromatic heterocycles. The third-order valence-electron chi connectivity index (χ3n) is 11.0. The monoisotopic (exact) mass is 805 g/mol. The molecule has 0 aliphatic rings. The number of aryl methyl sites for hydroxylation is 2. The van der Waals surface area contributed by atoms with Crippen molar-refractivity contribution in [3.63, 3.8) is 0 Å². The first-order chi connectivity index (χ1) is 26.9. The van der Waals surface area contributed by atoms with Crippen molar-refractivity contribution < 1.29 is 24.9 Å². The molecule has 0 saturated heterocycles. The molecule has 0 fully saturated rings. The molecule has 0 saturated carbocycles. The predicted molar refractivity (Wildman–Crippen MR) is 246 cm³/mol. The first-order valence-electron chi connectivity index (χ1n) is 21.2. The number of phenolic OH excluding ortho intramolecular Hbond substituents is 3. The van der Waals surface area contributed by atoms with E-state index in [1.54, 1.807) is 12.1 Å². The van der Waals surface area contributed by atoms with Gasteiger partial charge < -0.3 is 26.0 Å². The highest BCUT2D eigenvalue weighted by atomic mass is 16.3. The van der Waals surface area contributed by atoms with Crippen molar-refractivity contribution in [1.29, 1.82) is 0 Å². The number of benzene rings is 4. The van der Waals surface area contributed by atoms with Crippen LogP contribution >= 0.6 is 0 Å². The second kappa shape index (κ2) is 17.4. The molecular weight excluding hydrogens is 733 g/mol. The van der Waals surface area contributed by atoms with Gasteiger partial charge in [-0.25, -0.2) is 0 Å². The van der Waals surface area contributed by atoms with E-state index in [0.29, 0.717) is 60.5 Å². The van der Waals surface area contributed by atoms with E-state index in [-0.39, 0.29) is 51.1 Å². The number of hydrogen-bond donors (Lipinski definition) is 5. The van der Waals surface area contributed by atoms with Gasteiger partial charge in [-0.1, -0.05) is 134 Å². The van der Waals surface area contributed by atoms with Crippen LogP contribution in [0.4, 0.5) is 11.4 Å². The number of aromatic hydroxyl groups is 3. The fourth-order valence-electron chi connectivity index (χ4n) is 7.45. The van der Waals surface area contributed by atoms with E-state index in [4.69, 9.17) is 0 Å². The van der Waals surface area contributed by atoms with E-state index in [1.807, 2.05) is 30.3 Å². The van der Waals surface area contributed by atoms with Crippen molar-refractivity contribution in [2.75, 3.05) is 10.6 Å². The van der Waals surface area contributed by atoms with Crippen molar-refractivity contribution in [1.82, 2.24) is 0 Å². The fraction of sp³-hybridized carbons (Fsp3) is 0.500. The van der Waals surface area contributed by atoms with Crippen molar-refractivity contribution in [2.24, 2.45) is 0 Å². The molecule has 0 aliphatic carbocycles. The summed E-state index contributed by atoms with van der Waals surface area (Å²) in [4.78, 5) is 26.7. The van der Waals surface area contributed by atoms with Gasteiger partial charge in [-0.3, -0.25) is 9.59 Å². The van der Waals surface area contributed by atoms with E-state index >= 15 is 0 Å². The summed E-state index contributed by atoms with van der Waals surface area (Å²) in [5.74, 6) is 0.596. The summed E-state index contributed by atoms with van der Waals surface area (Å²) in [7, 11) is 0. The SMILES string of the molecule is CC(C)(C)c1cc(Cc2cc(NC(=O)CCc3cc(C(C)(C)C)c(O)c(C(C)(C)C)c3)ccc2O)cc(NC(=O)CCCc2cc(C(C)(C)C)c(O)c(C(C)(C)C)c2)c1. The molecule has 7 heteroatoms. The summed E-state index contributed by atoms with van der Waals surface area (Å²) in [6.07, 6.45) is 2.89. The molecule has 0 unspecified atom stereocenters. The van der Waals surface area contributed by atoms with Crippen LogP contribution in [0.1, 0.15) is 173 Å². The highest BCUT2D eigenvalue weighted by Gasteiger charge is 2.28. The zero-order valence-electron chi connectivity index (χ0n) is 38.7. The summed E-state index contributed by atoms with van der Waals surface area (Å²) in [5.41, 5.74) is 8.50. The van der Waals surface area contributed by atoms with Gasteiger partial charge in [0, 0.05) is 36.2 Å². The van der Waals surface area contributed by atoms with Crippen LogP contribution in [0, 0.1) is 0 Å². The summed E-state index contributed by atoms with van der Waals surface area (Å²) in [6.45, 7) is 31.5. The van der Waals surface area contributed by atoms with Crippen LogP contribution in [-0.4, -0.2) is 27.1 Å². The number of carbonyl (C=O) groups is 2. The first-order valence-corrected chi connectivity index (χ1v) is 21.2. The average molecular weight is 805 g/mol. The lowest BCUT2D eigenvalue weighted by atomic mass is 9.78. The summed E-state index contributed by atoms with van der Waals surface area (Å²) < 4.78 is 0. The number of phenols is 3. The second-order valence-electron chi connectivity index (χ2n) is 21.7. The van der Waals surface area contributed by atoms with E-state index in [0.717, 1.165) is 44.5 Å². The zero-order valence-corrected chi connectivity index (χ0v) is 38.7. The van der Waals surface area contributed by atoms with Gasteiger partial charge in [0.25, 0.3) is 0 Å². The highest BCUT2D eigenvalue weighted by molar-refractivity contribution is 5.91. The molecule has 0 bridgehead atoms. The van der Waals surface area contributed by atoms with Crippen LogP contribution in [0.5, 0.6) is 17.2 Å². The Morgan fingerprint density at radius 2 is 0.915 bits per heavy atom. The lowest BCUT2D eigenvalue weighted by Crippen LogP contribution is -2.18. The first kappa shape index (κ1) is 46.9. The quantitative estimate of drug-likeness (QED) is 0.0968. The van der Waals surface area contributed by atoms with E-state index in [9.17, 15) is 24.9 Å². The standard InChI is InChI=1S/C52H72N2O5/c1-48(2,3)36-24-34(25-38(31-36)54-44(56)18-16-17-32-26-39(49(4,5)6)46(58)40(27-32)50(7,8)9)23-35-30-37(20-21-43(35)55)53-45(57)22-19-33-28-41(51(10,11)12)47(59)42(29-33)52(13,14)15/h20-21,24-31,55,58-59H,16-19,22-23H2,1-15H3,(H,53,57)(H,54,56). The molecule has 2 amide bonds. The van der Waals surface area contributed by atoms with Gasteiger partial charge in [0.1, 0.15) is 17.2 Å². The molecule has 0 atom stereocenters. The normalized spacial score (nSPS) is 12.7. The zero-order chi connectivity index (χ0) is 44.5. The van der Waals surface area contributed by atoms with Gasteiger partial charge in [-0.15, -0.1) is 0 Å².